The molecule has 2 N–H and O–H groups in total. The third-order valence-corrected chi connectivity index (χ3v) is 5.57. The normalized spacial score (nSPS) is 11.0. The van der Waals surface area contributed by atoms with E-state index in [1.807, 2.05) is 31.2 Å². The van der Waals surface area contributed by atoms with Gasteiger partial charge in [-0.1, -0.05) is 42.5 Å². The van der Waals surface area contributed by atoms with Crippen LogP contribution in [0.1, 0.15) is 21.5 Å². The Morgan fingerprint density at radius 3 is 2.11 bits per heavy atom. The Balaban J connectivity index is 1.86. The van der Waals surface area contributed by atoms with Crippen molar-refractivity contribution in [2.75, 3.05) is 10.0 Å². The molecule has 0 bridgehead atoms. The highest BCUT2D eigenvalue weighted by Crippen LogP contribution is 2.22. The summed E-state index contributed by atoms with van der Waals surface area (Å²) in [4.78, 5) is 12.7. The van der Waals surface area contributed by atoms with Crippen LogP contribution in [0.2, 0.25) is 0 Å². The minimum Gasteiger partial charge on any atom is -0.322 e. The second-order valence-electron chi connectivity index (χ2n) is 6.22. The fourth-order valence-corrected chi connectivity index (χ4v) is 3.73. The number of hydrogen-bond donors (Lipinski definition) is 2. The molecule has 1 amide bonds. The Bertz CT molecular complexity index is 1080. The highest BCUT2D eigenvalue weighted by molar-refractivity contribution is 7.92. The van der Waals surface area contributed by atoms with Crippen molar-refractivity contribution in [2.45, 2.75) is 18.7 Å². The molecule has 0 aromatic heterocycles. The Kier molecular flexibility index (Phi) is 5.28. The first-order valence-electron chi connectivity index (χ1n) is 8.42. The molecule has 5 nitrogen and oxygen atoms in total. The smallest absolute Gasteiger partial charge is 0.261 e. The number of carbonyl (C=O) groups is 1. The molecule has 0 fully saturated rings. The molecule has 3 aromatic rings. The van der Waals surface area contributed by atoms with Crippen molar-refractivity contribution < 1.29 is 13.2 Å². The minimum atomic E-state index is -3.73. The summed E-state index contributed by atoms with van der Waals surface area (Å²) in [7, 11) is -3.73. The minimum absolute atomic E-state index is 0.166. The molecule has 3 rings (SSSR count). The molecule has 3 aromatic carbocycles. The van der Waals surface area contributed by atoms with Gasteiger partial charge in [0.15, 0.2) is 0 Å². The van der Waals surface area contributed by atoms with Gasteiger partial charge in [0.2, 0.25) is 0 Å². The monoisotopic (exact) mass is 380 g/mol. The third-order valence-electron chi connectivity index (χ3n) is 4.19. The van der Waals surface area contributed by atoms with E-state index in [4.69, 9.17) is 0 Å². The van der Waals surface area contributed by atoms with Gasteiger partial charge < -0.3 is 5.32 Å². The topological polar surface area (TPSA) is 75.3 Å². The van der Waals surface area contributed by atoms with Gasteiger partial charge >= 0.3 is 0 Å². The van der Waals surface area contributed by atoms with Crippen LogP contribution in [0.25, 0.3) is 0 Å². The molecule has 27 heavy (non-hydrogen) atoms. The molecular weight excluding hydrogens is 360 g/mol. The Hall–Kier alpha value is -3.12. The van der Waals surface area contributed by atoms with Crippen LogP contribution >= 0.6 is 0 Å². The van der Waals surface area contributed by atoms with Gasteiger partial charge in [0.1, 0.15) is 0 Å². The number of aryl methyl sites for hydroxylation is 2. The number of para-hydroxylation sites is 1. The van der Waals surface area contributed by atoms with E-state index in [2.05, 4.69) is 10.0 Å². The molecule has 0 unspecified atom stereocenters. The second kappa shape index (κ2) is 7.63. The maximum atomic E-state index is 12.6. The lowest BCUT2D eigenvalue weighted by atomic mass is 10.1. The van der Waals surface area contributed by atoms with E-state index in [-0.39, 0.29) is 10.8 Å². The number of anilines is 2. The molecule has 0 saturated heterocycles. The summed E-state index contributed by atoms with van der Waals surface area (Å²) in [6.45, 7) is 3.69. The van der Waals surface area contributed by atoms with E-state index in [0.29, 0.717) is 11.3 Å². The molecule has 0 saturated carbocycles. The fraction of sp³-hybridized carbons (Fsp3) is 0.0952. The maximum absolute atomic E-state index is 12.6. The van der Waals surface area contributed by atoms with E-state index in [1.165, 1.54) is 12.1 Å². The number of rotatable bonds is 5. The van der Waals surface area contributed by atoms with E-state index in [0.717, 1.165) is 16.8 Å². The molecule has 0 atom stereocenters. The first-order valence-corrected chi connectivity index (χ1v) is 9.90. The van der Waals surface area contributed by atoms with E-state index < -0.39 is 10.0 Å². The Morgan fingerprint density at radius 2 is 1.41 bits per heavy atom. The molecule has 0 aliphatic heterocycles. The zero-order valence-electron chi connectivity index (χ0n) is 15.1. The molecule has 0 heterocycles. The van der Waals surface area contributed by atoms with Crippen LogP contribution in [0.5, 0.6) is 0 Å². The van der Waals surface area contributed by atoms with Gasteiger partial charge in [0.25, 0.3) is 15.9 Å². The molecule has 6 heteroatoms. The number of carbonyl (C=O) groups excluding carboxylic acids is 1. The van der Waals surface area contributed by atoms with Crippen molar-refractivity contribution in [3.63, 3.8) is 0 Å². The van der Waals surface area contributed by atoms with Crippen molar-refractivity contribution in [3.8, 4) is 0 Å². The van der Waals surface area contributed by atoms with Crippen molar-refractivity contribution >= 4 is 27.3 Å². The maximum Gasteiger partial charge on any atom is 0.261 e. The molecule has 0 radical (unpaired) electrons. The lowest BCUT2D eigenvalue weighted by Gasteiger charge is -2.13. The standard InChI is InChI=1S/C21H20N2O3S/c1-15-8-6-7-11-19(15)22-21(24)17-13-12-16(2)20(14-17)23-27(25,26)18-9-4-3-5-10-18/h3-14,23H,1-2H3,(H,22,24). The predicted molar refractivity (Wildman–Crippen MR) is 108 cm³/mol. The second-order valence-corrected chi connectivity index (χ2v) is 7.90. The van der Waals surface area contributed by atoms with Crippen LogP contribution in [0.3, 0.4) is 0 Å². The highest BCUT2D eigenvalue weighted by atomic mass is 32.2. The highest BCUT2D eigenvalue weighted by Gasteiger charge is 2.16. The van der Waals surface area contributed by atoms with Crippen LogP contribution in [-0.4, -0.2) is 14.3 Å². The molecule has 138 valence electrons. The van der Waals surface area contributed by atoms with Gasteiger partial charge in [0, 0.05) is 11.3 Å². The van der Waals surface area contributed by atoms with Gasteiger partial charge in [-0.15, -0.1) is 0 Å². The van der Waals surface area contributed by atoms with E-state index in [9.17, 15) is 13.2 Å². The van der Waals surface area contributed by atoms with E-state index in [1.54, 1.807) is 43.3 Å². The Morgan fingerprint density at radius 1 is 0.778 bits per heavy atom. The fourth-order valence-electron chi connectivity index (χ4n) is 2.58. The predicted octanol–water partition coefficient (Wildman–Crippen LogP) is 4.36. The van der Waals surface area contributed by atoms with Crippen LogP contribution < -0.4 is 10.0 Å². The quantitative estimate of drug-likeness (QED) is 0.691. The van der Waals surface area contributed by atoms with Crippen LogP contribution in [-0.2, 0) is 10.0 Å². The SMILES string of the molecule is Cc1ccccc1NC(=O)c1ccc(C)c(NS(=O)(=O)c2ccccc2)c1. The molecule has 0 aliphatic rings. The zero-order valence-corrected chi connectivity index (χ0v) is 15.9. The van der Waals surface area contributed by atoms with Gasteiger partial charge in [0.05, 0.1) is 10.6 Å². The zero-order chi connectivity index (χ0) is 19.4. The first kappa shape index (κ1) is 18.7. The van der Waals surface area contributed by atoms with E-state index >= 15 is 0 Å². The summed E-state index contributed by atoms with van der Waals surface area (Å²) < 4.78 is 27.7. The summed E-state index contributed by atoms with van der Waals surface area (Å²) in [6, 6.07) is 20.5. The van der Waals surface area contributed by atoms with Crippen molar-refractivity contribution in [1.29, 1.82) is 0 Å². The van der Waals surface area contributed by atoms with Gasteiger partial charge in [-0.2, -0.15) is 0 Å². The van der Waals surface area contributed by atoms with Gasteiger partial charge in [-0.3, -0.25) is 9.52 Å². The van der Waals surface area contributed by atoms with Gasteiger partial charge in [-0.25, -0.2) is 8.42 Å². The number of sulfonamides is 1. The lowest BCUT2D eigenvalue weighted by molar-refractivity contribution is 0.102. The number of hydrogen-bond acceptors (Lipinski definition) is 3. The van der Waals surface area contributed by atoms with Crippen LogP contribution in [0.15, 0.2) is 77.7 Å². The average Bonchev–Trinajstić information content (AvgIpc) is 2.66. The molecule has 0 spiro atoms. The van der Waals surface area contributed by atoms with Crippen LogP contribution in [0.4, 0.5) is 11.4 Å². The number of amides is 1. The van der Waals surface area contributed by atoms with Crippen LogP contribution in [0, 0.1) is 13.8 Å². The van der Waals surface area contributed by atoms with Crippen molar-refractivity contribution in [3.05, 3.63) is 89.5 Å². The molecular formula is C21H20N2O3S. The van der Waals surface area contributed by atoms with Gasteiger partial charge in [-0.05, 0) is 55.3 Å². The summed E-state index contributed by atoms with van der Waals surface area (Å²) in [5, 5.41) is 2.85. The molecule has 0 aliphatic carbocycles. The third kappa shape index (κ3) is 4.35. The average molecular weight is 380 g/mol. The summed E-state index contributed by atoms with van der Waals surface area (Å²) in [5.41, 5.74) is 3.13. The summed E-state index contributed by atoms with van der Waals surface area (Å²) in [6.07, 6.45) is 0. The Labute approximate surface area is 159 Å². The van der Waals surface area contributed by atoms with Crippen molar-refractivity contribution in [1.82, 2.24) is 0 Å². The largest absolute Gasteiger partial charge is 0.322 e. The number of benzene rings is 3. The summed E-state index contributed by atoms with van der Waals surface area (Å²) >= 11 is 0. The van der Waals surface area contributed by atoms with Crippen molar-refractivity contribution in [2.24, 2.45) is 0 Å². The summed E-state index contributed by atoms with van der Waals surface area (Å²) in [5.74, 6) is -0.301. The first-order chi connectivity index (χ1) is 12.9. The lowest BCUT2D eigenvalue weighted by Crippen LogP contribution is -2.16. The number of nitrogens with one attached hydrogen (secondary N) is 2.